The number of likely N-dealkylation sites (tertiary alicyclic amines) is 1. The highest BCUT2D eigenvalue weighted by atomic mass is 16.2. The molecule has 1 aromatic heterocycles. The van der Waals surface area contributed by atoms with Gasteiger partial charge in [0.05, 0.1) is 0 Å². The van der Waals surface area contributed by atoms with E-state index in [1.807, 2.05) is 4.90 Å². The number of rotatable bonds is 2. The molecule has 0 spiro atoms. The molecular formula is C20H24N4O. The Kier molecular flexibility index (Phi) is 4.63. The first-order valence-corrected chi connectivity index (χ1v) is 9.25. The van der Waals surface area contributed by atoms with E-state index in [2.05, 4.69) is 39.1 Å². The number of nitrogens with zero attached hydrogens (tertiary/aromatic N) is 4. The number of anilines is 1. The van der Waals surface area contributed by atoms with Gasteiger partial charge in [-0.3, -0.25) is 4.79 Å². The zero-order chi connectivity index (χ0) is 17.1. The van der Waals surface area contributed by atoms with Crippen molar-refractivity contribution in [2.24, 2.45) is 0 Å². The third kappa shape index (κ3) is 3.50. The van der Waals surface area contributed by atoms with Crippen molar-refractivity contribution < 1.29 is 4.79 Å². The van der Waals surface area contributed by atoms with Gasteiger partial charge in [-0.2, -0.15) is 0 Å². The second-order valence-corrected chi connectivity index (χ2v) is 6.89. The molecule has 25 heavy (non-hydrogen) atoms. The van der Waals surface area contributed by atoms with Crippen LogP contribution in [0.1, 0.15) is 47.3 Å². The van der Waals surface area contributed by atoms with E-state index in [0.29, 0.717) is 11.6 Å². The summed E-state index contributed by atoms with van der Waals surface area (Å²) in [5.74, 6) is 0.707. The maximum atomic E-state index is 12.8. The van der Waals surface area contributed by atoms with Crippen LogP contribution in [-0.2, 0) is 13.0 Å². The van der Waals surface area contributed by atoms with Gasteiger partial charge in [0.2, 0.25) is 5.95 Å². The van der Waals surface area contributed by atoms with E-state index in [0.717, 1.165) is 45.4 Å². The lowest BCUT2D eigenvalue weighted by molar-refractivity contribution is 0.0755. The monoisotopic (exact) mass is 336 g/mol. The number of carbonyl (C=O) groups excluding carboxylic acids is 1. The van der Waals surface area contributed by atoms with Crippen LogP contribution in [0.3, 0.4) is 0 Å². The van der Waals surface area contributed by atoms with Crippen molar-refractivity contribution in [3.8, 4) is 0 Å². The van der Waals surface area contributed by atoms with E-state index in [1.165, 1.54) is 24.0 Å². The second kappa shape index (κ2) is 7.21. The standard InChI is InChI=1S/C20H24N4O/c25-19(23-12-5-1-2-6-13-23)18-9-11-21-20(22-18)24-14-10-16-7-3-4-8-17(16)15-24/h3-4,7-9,11H,1-2,5-6,10,12-15H2. The molecular weight excluding hydrogens is 312 g/mol. The Morgan fingerprint density at radius 3 is 2.48 bits per heavy atom. The lowest BCUT2D eigenvalue weighted by atomic mass is 10.0. The van der Waals surface area contributed by atoms with Crippen molar-refractivity contribution in [1.82, 2.24) is 14.9 Å². The van der Waals surface area contributed by atoms with E-state index in [1.54, 1.807) is 12.3 Å². The minimum atomic E-state index is 0.0444. The predicted molar refractivity (Wildman–Crippen MR) is 97.6 cm³/mol. The lowest BCUT2D eigenvalue weighted by Crippen LogP contribution is -2.34. The SMILES string of the molecule is O=C(c1ccnc(N2CCc3ccccc3C2)n1)N1CCCCCC1. The summed E-state index contributed by atoms with van der Waals surface area (Å²) in [4.78, 5) is 25.9. The van der Waals surface area contributed by atoms with Crippen molar-refractivity contribution >= 4 is 11.9 Å². The van der Waals surface area contributed by atoms with Crippen LogP contribution in [-0.4, -0.2) is 40.4 Å². The zero-order valence-electron chi connectivity index (χ0n) is 14.5. The highest BCUT2D eigenvalue weighted by molar-refractivity contribution is 5.92. The molecule has 0 saturated carbocycles. The molecule has 2 aliphatic rings. The highest BCUT2D eigenvalue weighted by Crippen LogP contribution is 2.22. The number of hydrogen-bond donors (Lipinski definition) is 0. The third-order valence-corrected chi connectivity index (χ3v) is 5.17. The number of fused-ring (bicyclic) bond motifs is 1. The van der Waals surface area contributed by atoms with Gasteiger partial charge < -0.3 is 9.80 Å². The zero-order valence-corrected chi connectivity index (χ0v) is 14.5. The van der Waals surface area contributed by atoms with Gasteiger partial charge in [0.15, 0.2) is 0 Å². The fourth-order valence-corrected chi connectivity index (χ4v) is 3.72. The average Bonchev–Trinajstić information content (AvgIpc) is 2.96. The summed E-state index contributed by atoms with van der Waals surface area (Å²) in [5.41, 5.74) is 3.24. The number of amides is 1. The Balaban J connectivity index is 1.52. The number of hydrogen-bond acceptors (Lipinski definition) is 4. The van der Waals surface area contributed by atoms with Gasteiger partial charge in [-0.05, 0) is 36.5 Å². The second-order valence-electron chi connectivity index (χ2n) is 6.89. The Labute approximate surface area is 148 Å². The number of carbonyl (C=O) groups is 1. The minimum absolute atomic E-state index is 0.0444. The van der Waals surface area contributed by atoms with Crippen LogP contribution < -0.4 is 4.90 Å². The average molecular weight is 336 g/mol. The van der Waals surface area contributed by atoms with Gasteiger partial charge >= 0.3 is 0 Å². The van der Waals surface area contributed by atoms with Gasteiger partial charge in [0, 0.05) is 32.4 Å². The van der Waals surface area contributed by atoms with Crippen LogP contribution in [0.4, 0.5) is 5.95 Å². The van der Waals surface area contributed by atoms with E-state index in [9.17, 15) is 4.79 Å². The first-order chi connectivity index (χ1) is 12.3. The number of aromatic nitrogens is 2. The normalized spacial score (nSPS) is 17.8. The summed E-state index contributed by atoms with van der Waals surface area (Å²) in [6.45, 7) is 3.38. The summed E-state index contributed by atoms with van der Waals surface area (Å²) in [6, 6.07) is 10.3. The van der Waals surface area contributed by atoms with Gasteiger partial charge in [-0.1, -0.05) is 37.1 Å². The van der Waals surface area contributed by atoms with Crippen LogP contribution in [0.15, 0.2) is 36.5 Å². The largest absolute Gasteiger partial charge is 0.337 e. The maximum absolute atomic E-state index is 12.8. The molecule has 0 N–H and O–H groups in total. The fourth-order valence-electron chi connectivity index (χ4n) is 3.72. The summed E-state index contributed by atoms with van der Waals surface area (Å²) in [5, 5.41) is 0. The van der Waals surface area contributed by atoms with Crippen LogP contribution in [0.5, 0.6) is 0 Å². The Morgan fingerprint density at radius 1 is 0.920 bits per heavy atom. The fraction of sp³-hybridized carbons (Fsp3) is 0.450. The van der Waals surface area contributed by atoms with Gasteiger partial charge in [0.25, 0.3) is 5.91 Å². The van der Waals surface area contributed by atoms with Crippen LogP contribution in [0, 0.1) is 0 Å². The Bertz CT molecular complexity index is 753. The van der Waals surface area contributed by atoms with E-state index >= 15 is 0 Å². The molecule has 5 heteroatoms. The smallest absolute Gasteiger partial charge is 0.272 e. The Morgan fingerprint density at radius 2 is 1.68 bits per heavy atom. The topological polar surface area (TPSA) is 49.3 Å². The lowest BCUT2D eigenvalue weighted by Gasteiger charge is -2.29. The predicted octanol–water partition coefficient (Wildman–Crippen LogP) is 3.06. The van der Waals surface area contributed by atoms with Crippen molar-refractivity contribution in [2.75, 3.05) is 24.5 Å². The van der Waals surface area contributed by atoms with Crippen LogP contribution in [0.2, 0.25) is 0 Å². The molecule has 4 rings (SSSR count). The highest BCUT2D eigenvalue weighted by Gasteiger charge is 2.22. The van der Waals surface area contributed by atoms with Gasteiger partial charge in [-0.25, -0.2) is 9.97 Å². The summed E-state index contributed by atoms with van der Waals surface area (Å²) in [7, 11) is 0. The van der Waals surface area contributed by atoms with Crippen molar-refractivity contribution in [3.05, 3.63) is 53.3 Å². The van der Waals surface area contributed by atoms with E-state index < -0.39 is 0 Å². The van der Waals surface area contributed by atoms with Crippen molar-refractivity contribution in [2.45, 2.75) is 38.6 Å². The first kappa shape index (κ1) is 16.1. The molecule has 0 radical (unpaired) electrons. The molecule has 1 saturated heterocycles. The third-order valence-electron chi connectivity index (χ3n) is 5.17. The molecule has 2 aliphatic heterocycles. The van der Waals surface area contributed by atoms with Crippen molar-refractivity contribution in [3.63, 3.8) is 0 Å². The molecule has 0 bridgehead atoms. The quantitative estimate of drug-likeness (QED) is 0.846. The first-order valence-electron chi connectivity index (χ1n) is 9.25. The molecule has 1 amide bonds. The molecule has 1 aromatic carbocycles. The summed E-state index contributed by atoms with van der Waals surface area (Å²) >= 11 is 0. The Hall–Kier alpha value is -2.43. The van der Waals surface area contributed by atoms with Gasteiger partial charge in [-0.15, -0.1) is 0 Å². The van der Waals surface area contributed by atoms with E-state index in [-0.39, 0.29) is 5.91 Å². The maximum Gasteiger partial charge on any atom is 0.272 e. The van der Waals surface area contributed by atoms with Crippen LogP contribution >= 0.6 is 0 Å². The molecule has 0 unspecified atom stereocenters. The molecule has 2 aromatic rings. The minimum Gasteiger partial charge on any atom is -0.337 e. The molecule has 5 nitrogen and oxygen atoms in total. The van der Waals surface area contributed by atoms with E-state index in [4.69, 9.17) is 0 Å². The van der Waals surface area contributed by atoms with Crippen molar-refractivity contribution in [1.29, 1.82) is 0 Å². The summed E-state index contributed by atoms with van der Waals surface area (Å²) < 4.78 is 0. The molecule has 3 heterocycles. The van der Waals surface area contributed by atoms with Crippen LogP contribution in [0.25, 0.3) is 0 Å². The molecule has 0 aliphatic carbocycles. The summed E-state index contributed by atoms with van der Waals surface area (Å²) in [6.07, 6.45) is 7.31. The molecule has 1 fully saturated rings. The van der Waals surface area contributed by atoms with Gasteiger partial charge in [0.1, 0.15) is 5.69 Å². The number of benzene rings is 1. The molecule has 130 valence electrons. The molecule has 0 atom stereocenters.